The average molecular weight is 284 g/mol. The summed E-state index contributed by atoms with van der Waals surface area (Å²) in [5, 5.41) is 6.76. The van der Waals surface area contributed by atoms with Gasteiger partial charge in [-0.15, -0.1) is 0 Å². The van der Waals surface area contributed by atoms with Crippen LogP contribution in [0.1, 0.15) is 43.4 Å². The maximum absolute atomic E-state index is 4.44. The van der Waals surface area contributed by atoms with E-state index >= 15 is 0 Å². The van der Waals surface area contributed by atoms with E-state index in [9.17, 15) is 0 Å². The molecule has 4 heteroatoms. The number of nitrogens with one attached hydrogen (secondary N) is 2. The summed E-state index contributed by atoms with van der Waals surface area (Å²) >= 11 is 0. The van der Waals surface area contributed by atoms with Crippen molar-refractivity contribution in [3.63, 3.8) is 0 Å². The molecule has 0 aliphatic carbocycles. The molecule has 0 unspecified atom stereocenters. The van der Waals surface area contributed by atoms with Crippen molar-refractivity contribution in [2.24, 2.45) is 0 Å². The van der Waals surface area contributed by atoms with Gasteiger partial charge < -0.3 is 10.6 Å². The number of rotatable bonds is 5. The number of hydrogen-bond acceptors (Lipinski definition) is 4. The van der Waals surface area contributed by atoms with Crippen LogP contribution in [0, 0.1) is 13.8 Å². The molecular formula is C17H24N4. The lowest BCUT2D eigenvalue weighted by molar-refractivity contribution is 0.849. The number of anilines is 3. The smallest absolute Gasteiger partial charge is 0.139 e. The van der Waals surface area contributed by atoms with Crippen molar-refractivity contribution in [1.82, 2.24) is 9.97 Å². The van der Waals surface area contributed by atoms with Crippen molar-refractivity contribution in [1.29, 1.82) is 0 Å². The molecule has 0 fully saturated rings. The Hall–Kier alpha value is -2.10. The van der Waals surface area contributed by atoms with Crippen LogP contribution < -0.4 is 10.6 Å². The highest BCUT2D eigenvalue weighted by molar-refractivity contribution is 5.66. The van der Waals surface area contributed by atoms with E-state index in [-0.39, 0.29) is 0 Å². The molecule has 1 aromatic heterocycles. The second-order valence-corrected chi connectivity index (χ2v) is 5.67. The van der Waals surface area contributed by atoms with Gasteiger partial charge in [0.05, 0.1) is 0 Å². The molecule has 21 heavy (non-hydrogen) atoms. The highest BCUT2D eigenvalue weighted by Crippen LogP contribution is 2.30. The molecule has 0 saturated carbocycles. The first-order valence-corrected chi connectivity index (χ1v) is 7.45. The third-order valence-corrected chi connectivity index (χ3v) is 3.29. The Labute approximate surface area is 127 Å². The molecule has 2 rings (SSSR count). The van der Waals surface area contributed by atoms with Crippen molar-refractivity contribution in [2.75, 3.05) is 17.2 Å². The van der Waals surface area contributed by atoms with Gasteiger partial charge in [0, 0.05) is 17.8 Å². The molecule has 0 amide bonds. The number of aryl methyl sites for hydroxylation is 2. The van der Waals surface area contributed by atoms with E-state index in [1.54, 1.807) is 6.33 Å². The van der Waals surface area contributed by atoms with E-state index in [1.807, 2.05) is 0 Å². The first kappa shape index (κ1) is 15.3. The van der Waals surface area contributed by atoms with Gasteiger partial charge in [-0.05, 0) is 49.9 Å². The van der Waals surface area contributed by atoms with Gasteiger partial charge in [0.1, 0.15) is 18.0 Å². The third-order valence-electron chi connectivity index (χ3n) is 3.29. The van der Waals surface area contributed by atoms with Crippen LogP contribution in [0.2, 0.25) is 0 Å². The standard InChI is InChI=1S/C17H24N4/c1-6-18-16-15(11(2)3)17(20-10-19-16)21-14-8-12(4)7-13(5)9-14/h7-11H,6H2,1-5H3,(H2,18,19,20,21). The van der Waals surface area contributed by atoms with Crippen molar-refractivity contribution in [3.8, 4) is 0 Å². The lowest BCUT2D eigenvalue weighted by Gasteiger charge is -2.17. The molecule has 1 heterocycles. The molecule has 0 spiro atoms. The Balaban J connectivity index is 2.41. The third kappa shape index (κ3) is 3.72. The molecule has 0 aliphatic heterocycles. The molecule has 0 aliphatic rings. The highest BCUT2D eigenvalue weighted by atomic mass is 15.1. The summed E-state index contributed by atoms with van der Waals surface area (Å²) in [7, 11) is 0. The van der Waals surface area contributed by atoms with Crippen molar-refractivity contribution >= 4 is 17.3 Å². The fraction of sp³-hybridized carbons (Fsp3) is 0.412. The zero-order chi connectivity index (χ0) is 15.4. The fourth-order valence-corrected chi connectivity index (χ4v) is 2.53. The van der Waals surface area contributed by atoms with Crippen LogP contribution in [0.4, 0.5) is 17.3 Å². The van der Waals surface area contributed by atoms with E-state index in [0.717, 1.165) is 29.4 Å². The summed E-state index contributed by atoms with van der Waals surface area (Å²) in [5.41, 5.74) is 4.67. The van der Waals surface area contributed by atoms with Gasteiger partial charge in [0.15, 0.2) is 0 Å². The maximum atomic E-state index is 4.44. The molecule has 2 aromatic rings. The number of nitrogens with zero attached hydrogens (tertiary/aromatic N) is 2. The quantitative estimate of drug-likeness (QED) is 0.854. The topological polar surface area (TPSA) is 49.8 Å². The number of benzene rings is 1. The van der Waals surface area contributed by atoms with E-state index < -0.39 is 0 Å². The van der Waals surface area contributed by atoms with Crippen molar-refractivity contribution in [2.45, 2.75) is 40.5 Å². The lowest BCUT2D eigenvalue weighted by atomic mass is 10.0. The minimum absolute atomic E-state index is 0.341. The van der Waals surface area contributed by atoms with Gasteiger partial charge in [-0.1, -0.05) is 19.9 Å². The summed E-state index contributed by atoms with van der Waals surface area (Å²) in [4.78, 5) is 8.80. The SMILES string of the molecule is CCNc1ncnc(Nc2cc(C)cc(C)c2)c1C(C)C. The van der Waals surface area contributed by atoms with E-state index in [2.05, 4.69) is 73.4 Å². The first-order valence-electron chi connectivity index (χ1n) is 7.45. The first-order chi connectivity index (χ1) is 10.0. The molecule has 4 nitrogen and oxygen atoms in total. The van der Waals surface area contributed by atoms with Gasteiger partial charge in [-0.25, -0.2) is 9.97 Å². The van der Waals surface area contributed by atoms with Crippen molar-refractivity contribution in [3.05, 3.63) is 41.2 Å². The molecule has 0 bridgehead atoms. The minimum atomic E-state index is 0.341. The number of aromatic nitrogens is 2. The summed E-state index contributed by atoms with van der Waals surface area (Å²) in [5.74, 6) is 2.13. The van der Waals surface area contributed by atoms with Gasteiger partial charge in [0.2, 0.25) is 0 Å². The summed E-state index contributed by atoms with van der Waals surface area (Å²) < 4.78 is 0. The van der Waals surface area contributed by atoms with E-state index in [0.29, 0.717) is 5.92 Å². The maximum Gasteiger partial charge on any atom is 0.139 e. The molecule has 2 N–H and O–H groups in total. The zero-order valence-corrected chi connectivity index (χ0v) is 13.5. The Kier molecular flexibility index (Phi) is 4.78. The average Bonchev–Trinajstić information content (AvgIpc) is 2.37. The van der Waals surface area contributed by atoms with Gasteiger partial charge in [-0.3, -0.25) is 0 Å². The summed E-state index contributed by atoms with van der Waals surface area (Å²) in [6.45, 7) is 11.4. The van der Waals surface area contributed by atoms with Gasteiger partial charge in [-0.2, -0.15) is 0 Å². The summed E-state index contributed by atoms with van der Waals surface area (Å²) in [6.07, 6.45) is 1.61. The van der Waals surface area contributed by atoms with Crippen molar-refractivity contribution < 1.29 is 0 Å². The predicted octanol–water partition coefficient (Wildman–Crippen LogP) is 4.39. The van der Waals surface area contributed by atoms with Crippen LogP contribution in [0.5, 0.6) is 0 Å². The highest BCUT2D eigenvalue weighted by Gasteiger charge is 2.14. The Bertz CT molecular complexity index is 600. The Morgan fingerprint density at radius 2 is 1.62 bits per heavy atom. The van der Waals surface area contributed by atoms with Crippen LogP contribution in [0.3, 0.4) is 0 Å². The largest absolute Gasteiger partial charge is 0.370 e. The van der Waals surface area contributed by atoms with Gasteiger partial charge >= 0.3 is 0 Å². The summed E-state index contributed by atoms with van der Waals surface area (Å²) in [6, 6.07) is 6.43. The molecule has 0 atom stereocenters. The van der Waals surface area contributed by atoms with E-state index in [1.165, 1.54) is 11.1 Å². The molecule has 0 saturated heterocycles. The van der Waals surface area contributed by atoms with Crippen LogP contribution in [0.15, 0.2) is 24.5 Å². The Morgan fingerprint density at radius 1 is 1.00 bits per heavy atom. The number of hydrogen-bond donors (Lipinski definition) is 2. The second-order valence-electron chi connectivity index (χ2n) is 5.67. The normalized spacial score (nSPS) is 10.8. The second kappa shape index (κ2) is 6.57. The fourth-order valence-electron chi connectivity index (χ4n) is 2.53. The Morgan fingerprint density at radius 3 is 2.19 bits per heavy atom. The zero-order valence-electron chi connectivity index (χ0n) is 13.5. The van der Waals surface area contributed by atoms with E-state index in [4.69, 9.17) is 0 Å². The molecular weight excluding hydrogens is 260 g/mol. The van der Waals surface area contributed by atoms with Crippen LogP contribution in [0.25, 0.3) is 0 Å². The van der Waals surface area contributed by atoms with Crippen LogP contribution in [-0.2, 0) is 0 Å². The monoisotopic (exact) mass is 284 g/mol. The molecule has 1 aromatic carbocycles. The molecule has 112 valence electrons. The van der Waals surface area contributed by atoms with Crippen LogP contribution in [-0.4, -0.2) is 16.5 Å². The molecule has 0 radical (unpaired) electrons. The van der Waals surface area contributed by atoms with Gasteiger partial charge in [0.25, 0.3) is 0 Å². The predicted molar refractivity (Wildman–Crippen MR) is 89.5 cm³/mol. The lowest BCUT2D eigenvalue weighted by Crippen LogP contribution is -2.09. The minimum Gasteiger partial charge on any atom is -0.370 e. The van der Waals surface area contributed by atoms with Crippen LogP contribution >= 0.6 is 0 Å².